The van der Waals surface area contributed by atoms with Crippen LogP contribution in [0.1, 0.15) is 37.4 Å². The molecular weight excluding hydrogens is 538 g/mol. The van der Waals surface area contributed by atoms with E-state index in [0.29, 0.717) is 38.6 Å². The number of halogens is 1. The summed E-state index contributed by atoms with van der Waals surface area (Å²) in [6, 6.07) is 20.0. The molecule has 1 saturated heterocycles. The van der Waals surface area contributed by atoms with Crippen LogP contribution in [0.4, 0.5) is 17.1 Å². The van der Waals surface area contributed by atoms with Crippen LogP contribution in [0.2, 0.25) is 5.02 Å². The van der Waals surface area contributed by atoms with Crippen LogP contribution in [0, 0.1) is 16.0 Å². The Labute approximate surface area is 235 Å². The number of nitrogens with zero attached hydrogens (tertiary/aromatic N) is 3. The summed E-state index contributed by atoms with van der Waals surface area (Å²) in [6.45, 7) is 3.61. The average molecular weight is 562 g/mol. The summed E-state index contributed by atoms with van der Waals surface area (Å²) in [4.78, 5) is 29.5. The molecule has 0 saturated carbocycles. The largest absolute Gasteiger partial charge is 0.459 e. The second-order valence-corrected chi connectivity index (χ2v) is 10.1. The molecule has 1 aliphatic heterocycles. The monoisotopic (exact) mass is 561 g/mol. The molecule has 9 nitrogen and oxygen atoms in total. The topological polar surface area (TPSA) is 114 Å². The summed E-state index contributed by atoms with van der Waals surface area (Å²) in [5.74, 6) is 0.725. The van der Waals surface area contributed by atoms with Gasteiger partial charge in [-0.1, -0.05) is 43.6 Å². The maximum absolute atomic E-state index is 12.2. The first kappa shape index (κ1) is 26.3. The van der Waals surface area contributed by atoms with Gasteiger partial charge in [0, 0.05) is 35.5 Å². The van der Waals surface area contributed by atoms with Gasteiger partial charge in [-0.2, -0.15) is 0 Å². The Hall–Kier alpha value is -4.28. The van der Waals surface area contributed by atoms with Gasteiger partial charge in [0.1, 0.15) is 17.6 Å². The van der Waals surface area contributed by atoms with Crippen molar-refractivity contribution in [1.29, 1.82) is 0 Å². The first-order valence-corrected chi connectivity index (χ1v) is 13.0. The predicted octanol–water partition coefficient (Wildman–Crippen LogP) is 6.67. The van der Waals surface area contributed by atoms with Crippen molar-refractivity contribution in [3.8, 4) is 11.3 Å². The molecule has 198 valence electrons. The molecule has 3 heterocycles. The number of anilines is 2. The van der Waals surface area contributed by atoms with Crippen LogP contribution in [0.5, 0.6) is 0 Å². The Balaban J connectivity index is 1.55. The van der Waals surface area contributed by atoms with Crippen LogP contribution < -0.4 is 15.5 Å². The number of amides is 1. The van der Waals surface area contributed by atoms with E-state index in [2.05, 4.69) is 15.6 Å². The number of nitrogens with one attached hydrogen (secondary N) is 2. The number of rotatable bonds is 7. The van der Waals surface area contributed by atoms with E-state index < -0.39 is 11.0 Å². The number of hydrogen-bond acceptors (Lipinski definition) is 6. The predicted molar refractivity (Wildman–Crippen MR) is 154 cm³/mol. The molecule has 2 aromatic carbocycles. The number of benzene rings is 2. The van der Waals surface area contributed by atoms with Crippen LogP contribution in [0.25, 0.3) is 11.3 Å². The van der Waals surface area contributed by atoms with E-state index in [0.717, 1.165) is 5.69 Å². The van der Waals surface area contributed by atoms with Crippen LogP contribution in [0.15, 0.2) is 83.4 Å². The molecule has 0 aliphatic carbocycles. The van der Waals surface area contributed by atoms with Crippen LogP contribution >= 0.6 is 23.8 Å². The van der Waals surface area contributed by atoms with Crippen molar-refractivity contribution in [2.24, 2.45) is 5.92 Å². The van der Waals surface area contributed by atoms with E-state index in [1.807, 2.05) is 35.2 Å². The summed E-state index contributed by atoms with van der Waals surface area (Å²) in [6.07, 6.45) is 1.71. The average Bonchev–Trinajstić information content (AvgIpc) is 3.55. The number of furan rings is 1. The Morgan fingerprint density at radius 2 is 1.97 bits per heavy atom. The summed E-state index contributed by atoms with van der Waals surface area (Å²) in [7, 11) is 0. The van der Waals surface area contributed by atoms with Gasteiger partial charge in [-0.25, -0.2) is 0 Å². The van der Waals surface area contributed by atoms with Gasteiger partial charge in [0.25, 0.3) is 5.69 Å². The van der Waals surface area contributed by atoms with Crippen molar-refractivity contribution in [3.63, 3.8) is 0 Å². The zero-order valence-corrected chi connectivity index (χ0v) is 22.6. The van der Waals surface area contributed by atoms with Crippen LogP contribution in [0.3, 0.4) is 0 Å². The molecule has 2 N–H and O–H groups in total. The van der Waals surface area contributed by atoms with Crippen molar-refractivity contribution >= 4 is 51.9 Å². The molecule has 11 heteroatoms. The summed E-state index contributed by atoms with van der Waals surface area (Å²) in [5.41, 5.74) is 2.50. The van der Waals surface area contributed by atoms with Crippen molar-refractivity contribution in [1.82, 2.24) is 10.3 Å². The first-order valence-electron chi connectivity index (χ1n) is 12.2. The molecule has 5 rings (SSSR count). The van der Waals surface area contributed by atoms with Gasteiger partial charge in [-0.05, 0) is 54.7 Å². The number of nitro benzene ring substituents is 1. The number of thiocarbonyl (C=S) groups is 1. The van der Waals surface area contributed by atoms with E-state index in [1.54, 1.807) is 50.4 Å². The third-order valence-corrected chi connectivity index (χ3v) is 7.00. The third kappa shape index (κ3) is 5.34. The minimum atomic E-state index is -0.452. The van der Waals surface area contributed by atoms with E-state index in [9.17, 15) is 14.9 Å². The lowest BCUT2D eigenvalue weighted by Crippen LogP contribution is -2.29. The molecule has 0 radical (unpaired) electrons. The van der Waals surface area contributed by atoms with E-state index in [1.165, 1.54) is 12.1 Å². The highest BCUT2D eigenvalue weighted by molar-refractivity contribution is 7.80. The Morgan fingerprint density at radius 1 is 1.15 bits per heavy atom. The molecule has 0 bridgehead atoms. The van der Waals surface area contributed by atoms with Crippen LogP contribution in [-0.2, 0) is 4.79 Å². The van der Waals surface area contributed by atoms with E-state index in [-0.39, 0.29) is 23.6 Å². The van der Waals surface area contributed by atoms with Crippen molar-refractivity contribution in [2.75, 3.05) is 10.2 Å². The molecule has 4 aromatic rings. The number of nitro groups is 1. The second kappa shape index (κ2) is 10.8. The number of hydrogen-bond donors (Lipinski definition) is 2. The minimum Gasteiger partial charge on any atom is -0.459 e. The molecule has 0 unspecified atom stereocenters. The first-order chi connectivity index (χ1) is 18.7. The molecule has 2 atom stereocenters. The smallest absolute Gasteiger partial charge is 0.270 e. The number of pyridine rings is 1. The van der Waals surface area contributed by atoms with Gasteiger partial charge in [0.15, 0.2) is 5.11 Å². The fraction of sp³-hybridized carbons (Fsp3) is 0.179. The maximum atomic E-state index is 12.2. The zero-order chi connectivity index (χ0) is 27.7. The molecular formula is C28H24ClN5O4S. The summed E-state index contributed by atoms with van der Waals surface area (Å²) < 4.78 is 6.29. The molecule has 0 spiro atoms. The highest BCUT2D eigenvalue weighted by Crippen LogP contribution is 2.44. The van der Waals surface area contributed by atoms with Crippen LogP contribution in [-0.4, -0.2) is 20.9 Å². The quantitative estimate of drug-likeness (QED) is 0.146. The van der Waals surface area contributed by atoms with Gasteiger partial charge in [0.2, 0.25) is 5.91 Å². The highest BCUT2D eigenvalue weighted by atomic mass is 35.5. The standard InChI is InChI=1S/C28H24ClN5O4S/c1-16(2)27(35)31-21-10-9-18(15-20(21)29)33-26(25(32-28(33)39)22-8-3-4-13-30-22)24-12-11-23(38-24)17-6-5-7-19(14-17)34(36)37/h3-16,25-26H,1-2H3,(H,31,35)(H,32,39)/t25-,26-/m1/s1. The van der Waals surface area contributed by atoms with Gasteiger partial charge in [0.05, 0.1) is 27.4 Å². The molecule has 1 amide bonds. The second-order valence-electron chi connectivity index (χ2n) is 9.31. The van der Waals surface area contributed by atoms with Gasteiger partial charge < -0.3 is 20.0 Å². The Kier molecular flexibility index (Phi) is 7.32. The summed E-state index contributed by atoms with van der Waals surface area (Å²) >= 11 is 12.3. The molecule has 2 aromatic heterocycles. The van der Waals surface area contributed by atoms with E-state index >= 15 is 0 Å². The van der Waals surface area contributed by atoms with Gasteiger partial charge >= 0.3 is 0 Å². The highest BCUT2D eigenvalue weighted by Gasteiger charge is 2.42. The number of carbonyl (C=O) groups is 1. The summed E-state index contributed by atoms with van der Waals surface area (Å²) in [5, 5.41) is 18.3. The lowest BCUT2D eigenvalue weighted by molar-refractivity contribution is -0.384. The number of aromatic nitrogens is 1. The molecule has 1 aliphatic rings. The van der Waals surface area contributed by atoms with Crippen molar-refractivity contribution in [2.45, 2.75) is 25.9 Å². The fourth-order valence-corrected chi connectivity index (χ4v) is 4.96. The minimum absolute atomic E-state index is 0.0264. The maximum Gasteiger partial charge on any atom is 0.270 e. The Morgan fingerprint density at radius 3 is 2.67 bits per heavy atom. The van der Waals surface area contributed by atoms with Gasteiger partial charge in [-0.3, -0.25) is 19.9 Å². The van der Waals surface area contributed by atoms with Gasteiger partial charge in [-0.15, -0.1) is 0 Å². The normalized spacial score (nSPS) is 16.8. The molecule has 1 fully saturated rings. The third-order valence-electron chi connectivity index (χ3n) is 6.37. The SMILES string of the molecule is CC(C)C(=O)Nc1ccc(N2C(=S)N[C@H](c3ccccn3)[C@H]2c2ccc(-c3cccc([N+](=O)[O-])c3)o2)cc1Cl. The number of carbonyl (C=O) groups excluding carboxylic acids is 1. The zero-order valence-electron chi connectivity index (χ0n) is 21.0. The fourth-order valence-electron chi connectivity index (χ4n) is 4.39. The lowest BCUT2D eigenvalue weighted by atomic mass is 10.0. The van der Waals surface area contributed by atoms with Crippen molar-refractivity contribution < 1.29 is 14.1 Å². The van der Waals surface area contributed by atoms with Crippen molar-refractivity contribution in [3.05, 3.63) is 106 Å². The Bertz CT molecular complexity index is 1560. The van der Waals surface area contributed by atoms with E-state index in [4.69, 9.17) is 28.2 Å². The number of non-ortho nitro benzene ring substituents is 1. The lowest BCUT2D eigenvalue weighted by Gasteiger charge is -2.26. The molecule has 39 heavy (non-hydrogen) atoms.